The van der Waals surface area contributed by atoms with Gasteiger partial charge in [-0.3, -0.25) is 9.69 Å². The molecule has 0 saturated carbocycles. The van der Waals surface area contributed by atoms with Gasteiger partial charge >= 0.3 is 0 Å². The topological polar surface area (TPSA) is 105 Å². The smallest absolute Gasteiger partial charge is 0.243 e. The summed E-state index contributed by atoms with van der Waals surface area (Å²) >= 11 is 0. The summed E-state index contributed by atoms with van der Waals surface area (Å²) in [5.41, 5.74) is 0.930. The molecule has 2 aromatic rings. The Bertz CT molecular complexity index is 980. The van der Waals surface area contributed by atoms with E-state index in [2.05, 4.69) is 10.5 Å². The molecular formula is C18H22N4O5S. The zero-order valence-corrected chi connectivity index (χ0v) is 16.4. The molecule has 1 aromatic carbocycles. The van der Waals surface area contributed by atoms with E-state index in [0.29, 0.717) is 49.3 Å². The number of aromatic nitrogens is 1. The van der Waals surface area contributed by atoms with Crippen LogP contribution in [0.15, 0.2) is 33.7 Å². The Hall–Kier alpha value is -2.43. The molecule has 2 aliphatic rings. The number of aryl methyl sites for hydroxylation is 1. The van der Waals surface area contributed by atoms with Crippen LogP contribution in [0.1, 0.15) is 11.3 Å². The fourth-order valence-corrected chi connectivity index (χ4v) is 4.88. The standard InChI is InChI=1S/C18H22N4O5S/c1-13-10-17(20-27-13)19-18(23)12-21-5-7-22(8-6-21)28(24,25)15-2-3-16-14(11-15)4-9-26-16/h2-3,10-11H,4-9,12H2,1H3,(H,19,20,23). The highest BCUT2D eigenvalue weighted by atomic mass is 32.2. The minimum absolute atomic E-state index is 0.177. The van der Waals surface area contributed by atoms with Crippen molar-refractivity contribution < 1.29 is 22.5 Å². The molecule has 0 aliphatic carbocycles. The van der Waals surface area contributed by atoms with Crippen molar-refractivity contribution in [1.29, 1.82) is 0 Å². The van der Waals surface area contributed by atoms with E-state index in [4.69, 9.17) is 9.26 Å². The average Bonchev–Trinajstić information content (AvgIpc) is 3.30. The lowest BCUT2D eigenvalue weighted by atomic mass is 10.2. The summed E-state index contributed by atoms with van der Waals surface area (Å²) in [5, 5.41) is 6.40. The number of piperazine rings is 1. The lowest BCUT2D eigenvalue weighted by Gasteiger charge is -2.33. The van der Waals surface area contributed by atoms with Crippen LogP contribution in [-0.2, 0) is 21.2 Å². The third-order valence-electron chi connectivity index (χ3n) is 4.89. The summed E-state index contributed by atoms with van der Waals surface area (Å²) in [7, 11) is -3.55. The highest BCUT2D eigenvalue weighted by Crippen LogP contribution is 2.29. The fraction of sp³-hybridized carbons (Fsp3) is 0.444. The van der Waals surface area contributed by atoms with Crippen LogP contribution < -0.4 is 10.1 Å². The van der Waals surface area contributed by atoms with Gasteiger partial charge in [0.05, 0.1) is 18.0 Å². The Balaban J connectivity index is 1.33. The number of rotatable bonds is 5. The van der Waals surface area contributed by atoms with E-state index in [1.165, 1.54) is 4.31 Å². The van der Waals surface area contributed by atoms with E-state index < -0.39 is 10.0 Å². The Morgan fingerprint density at radius 1 is 1.21 bits per heavy atom. The van der Waals surface area contributed by atoms with Crippen molar-refractivity contribution in [1.82, 2.24) is 14.4 Å². The first-order valence-electron chi connectivity index (χ1n) is 9.13. The molecule has 1 amide bonds. The molecule has 0 radical (unpaired) electrons. The molecule has 28 heavy (non-hydrogen) atoms. The first-order chi connectivity index (χ1) is 13.4. The van der Waals surface area contributed by atoms with E-state index in [0.717, 1.165) is 17.7 Å². The molecule has 0 spiro atoms. The minimum Gasteiger partial charge on any atom is -0.493 e. The summed E-state index contributed by atoms with van der Waals surface area (Å²) in [6.07, 6.45) is 0.729. The highest BCUT2D eigenvalue weighted by Gasteiger charge is 2.30. The maximum absolute atomic E-state index is 12.9. The Labute approximate surface area is 163 Å². The van der Waals surface area contributed by atoms with E-state index >= 15 is 0 Å². The van der Waals surface area contributed by atoms with Crippen molar-refractivity contribution in [3.05, 3.63) is 35.6 Å². The van der Waals surface area contributed by atoms with Gasteiger partial charge in [0.15, 0.2) is 5.82 Å². The number of nitrogens with zero attached hydrogens (tertiary/aromatic N) is 3. The number of amides is 1. The molecule has 10 heteroatoms. The number of hydrogen-bond donors (Lipinski definition) is 1. The number of carbonyl (C=O) groups excluding carboxylic acids is 1. The van der Waals surface area contributed by atoms with Crippen molar-refractivity contribution in [2.75, 3.05) is 44.6 Å². The molecule has 1 saturated heterocycles. The number of fused-ring (bicyclic) bond motifs is 1. The van der Waals surface area contributed by atoms with E-state index in [9.17, 15) is 13.2 Å². The predicted octanol–water partition coefficient (Wildman–Crippen LogP) is 0.863. The van der Waals surface area contributed by atoms with Gasteiger partial charge in [0.2, 0.25) is 15.9 Å². The summed E-state index contributed by atoms with van der Waals surface area (Å²) in [4.78, 5) is 14.3. The average molecular weight is 406 g/mol. The second kappa shape index (κ2) is 7.53. The van der Waals surface area contributed by atoms with Gasteiger partial charge in [-0.25, -0.2) is 8.42 Å². The van der Waals surface area contributed by atoms with Gasteiger partial charge in [-0.1, -0.05) is 5.16 Å². The molecule has 9 nitrogen and oxygen atoms in total. The molecule has 4 rings (SSSR count). The fourth-order valence-electron chi connectivity index (χ4n) is 3.41. The first-order valence-corrected chi connectivity index (χ1v) is 10.6. The van der Waals surface area contributed by atoms with Gasteiger partial charge < -0.3 is 14.6 Å². The molecule has 0 unspecified atom stereocenters. The monoisotopic (exact) mass is 406 g/mol. The van der Waals surface area contributed by atoms with E-state index in [-0.39, 0.29) is 12.5 Å². The Kier molecular flexibility index (Phi) is 5.09. The van der Waals surface area contributed by atoms with Gasteiger partial charge in [-0.2, -0.15) is 4.31 Å². The summed E-state index contributed by atoms with van der Waals surface area (Å²) in [6.45, 7) is 4.16. The zero-order valence-electron chi connectivity index (χ0n) is 15.6. The molecule has 150 valence electrons. The summed E-state index contributed by atoms with van der Waals surface area (Å²) < 4.78 is 37.7. The van der Waals surface area contributed by atoms with Crippen LogP contribution in [0.25, 0.3) is 0 Å². The SMILES string of the molecule is Cc1cc(NC(=O)CN2CCN(S(=O)(=O)c3ccc4c(c3)CCO4)CC2)no1. The molecule has 1 fully saturated rings. The molecular weight excluding hydrogens is 384 g/mol. The molecule has 0 atom stereocenters. The maximum Gasteiger partial charge on any atom is 0.243 e. The summed E-state index contributed by atoms with van der Waals surface area (Å²) in [6, 6.07) is 6.67. The maximum atomic E-state index is 12.9. The van der Waals surface area contributed by atoms with Crippen LogP contribution in [-0.4, -0.2) is 68.0 Å². The summed E-state index contributed by atoms with van der Waals surface area (Å²) in [5.74, 6) is 1.55. The minimum atomic E-state index is -3.55. The van der Waals surface area contributed by atoms with Gasteiger partial charge in [0, 0.05) is 38.7 Å². The number of ether oxygens (including phenoxy) is 1. The molecule has 0 bridgehead atoms. The van der Waals surface area contributed by atoms with Crippen LogP contribution in [0.2, 0.25) is 0 Å². The van der Waals surface area contributed by atoms with Gasteiger partial charge in [-0.05, 0) is 30.7 Å². The Morgan fingerprint density at radius 3 is 2.71 bits per heavy atom. The van der Waals surface area contributed by atoms with Crippen LogP contribution in [0.3, 0.4) is 0 Å². The van der Waals surface area contributed by atoms with Crippen molar-refractivity contribution >= 4 is 21.7 Å². The van der Waals surface area contributed by atoms with Crippen LogP contribution >= 0.6 is 0 Å². The number of sulfonamides is 1. The van der Waals surface area contributed by atoms with Crippen molar-refractivity contribution in [3.8, 4) is 5.75 Å². The van der Waals surface area contributed by atoms with Gasteiger partial charge in [0.25, 0.3) is 0 Å². The van der Waals surface area contributed by atoms with Crippen LogP contribution in [0, 0.1) is 6.92 Å². The predicted molar refractivity (Wildman–Crippen MR) is 101 cm³/mol. The third-order valence-corrected chi connectivity index (χ3v) is 6.79. The largest absolute Gasteiger partial charge is 0.493 e. The normalized spacial score (nSPS) is 17.9. The molecule has 1 aromatic heterocycles. The number of carbonyl (C=O) groups is 1. The van der Waals surface area contributed by atoms with Crippen molar-refractivity contribution in [2.24, 2.45) is 0 Å². The van der Waals surface area contributed by atoms with Crippen molar-refractivity contribution in [3.63, 3.8) is 0 Å². The second-order valence-electron chi connectivity index (χ2n) is 6.92. The lowest BCUT2D eigenvalue weighted by molar-refractivity contribution is -0.117. The first kappa shape index (κ1) is 18.9. The quantitative estimate of drug-likeness (QED) is 0.785. The van der Waals surface area contributed by atoms with Gasteiger partial charge in [0.1, 0.15) is 11.5 Å². The van der Waals surface area contributed by atoms with Crippen molar-refractivity contribution in [2.45, 2.75) is 18.2 Å². The van der Waals surface area contributed by atoms with E-state index in [1.54, 1.807) is 31.2 Å². The molecule has 2 aliphatic heterocycles. The molecule has 1 N–H and O–H groups in total. The van der Waals surface area contributed by atoms with Gasteiger partial charge in [-0.15, -0.1) is 0 Å². The zero-order chi connectivity index (χ0) is 19.7. The van der Waals surface area contributed by atoms with Crippen LogP contribution in [0.4, 0.5) is 5.82 Å². The lowest BCUT2D eigenvalue weighted by Crippen LogP contribution is -2.50. The molecule has 3 heterocycles. The third kappa shape index (κ3) is 3.89. The number of anilines is 1. The number of nitrogens with one attached hydrogen (secondary N) is 1. The highest BCUT2D eigenvalue weighted by molar-refractivity contribution is 7.89. The second-order valence-corrected chi connectivity index (χ2v) is 8.86. The van der Waals surface area contributed by atoms with Crippen LogP contribution in [0.5, 0.6) is 5.75 Å². The number of hydrogen-bond acceptors (Lipinski definition) is 7. The number of benzene rings is 1. The Morgan fingerprint density at radius 2 is 2.00 bits per heavy atom. The van der Waals surface area contributed by atoms with E-state index in [1.807, 2.05) is 4.90 Å².